The number of amides is 2. The van der Waals surface area contributed by atoms with Gasteiger partial charge in [0.1, 0.15) is 11.5 Å². The summed E-state index contributed by atoms with van der Waals surface area (Å²) < 4.78 is 42.7. The number of ether oxygens (including phenoxy) is 3. The molecule has 2 N–H and O–H groups in total. The number of carbonyl (C=O) groups excluding carboxylic acids is 3. The van der Waals surface area contributed by atoms with Crippen LogP contribution in [0, 0.1) is 0 Å². The molecule has 0 fully saturated rings. The normalized spacial score (nSPS) is 10.7. The van der Waals surface area contributed by atoms with Crippen LogP contribution < -0.4 is 24.4 Å². The second-order valence-electron chi connectivity index (χ2n) is 8.13. The van der Waals surface area contributed by atoms with Gasteiger partial charge in [-0.1, -0.05) is 0 Å². The fourth-order valence-corrected chi connectivity index (χ4v) is 4.49. The molecule has 206 valence electrons. The number of carbonyl (C=O) groups is 3. The van der Waals surface area contributed by atoms with Crippen molar-refractivity contribution >= 4 is 44.9 Å². The van der Waals surface area contributed by atoms with Gasteiger partial charge in [0.05, 0.1) is 17.2 Å². The van der Waals surface area contributed by atoms with Crippen molar-refractivity contribution in [3.05, 3.63) is 72.8 Å². The van der Waals surface area contributed by atoms with Crippen molar-refractivity contribution in [1.29, 1.82) is 0 Å². The van der Waals surface area contributed by atoms with Crippen molar-refractivity contribution in [2.75, 3.05) is 41.8 Å². The maximum atomic E-state index is 12.9. The predicted octanol–water partition coefficient (Wildman–Crippen LogP) is 3.43. The Labute approximate surface area is 226 Å². The third kappa shape index (κ3) is 8.47. The van der Waals surface area contributed by atoms with Gasteiger partial charge in [-0.3, -0.25) is 13.9 Å². The highest BCUT2D eigenvalue weighted by Gasteiger charge is 2.21. The standard InChI is InChI=1S/C27H29N3O8S/c1-4-36-23-13-15-25(16-14-23)39(34,35)30(3)22-9-11-24(12-10-22)37-18-27(33)38-17-26(32)29-21-7-5-20(6-8-21)28-19(2)31/h5-16H,4,17-18H2,1-3H3,(H,28,31)(H,29,32). The number of benzene rings is 3. The van der Waals surface area contributed by atoms with Gasteiger partial charge in [0.15, 0.2) is 13.2 Å². The van der Waals surface area contributed by atoms with Crippen molar-refractivity contribution in [1.82, 2.24) is 0 Å². The van der Waals surface area contributed by atoms with Crippen LogP contribution in [0.4, 0.5) is 17.1 Å². The highest BCUT2D eigenvalue weighted by Crippen LogP contribution is 2.25. The number of esters is 1. The predicted molar refractivity (Wildman–Crippen MR) is 145 cm³/mol. The number of nitrogens with zero attached hydrogens (tertiary/aromatic N) is 1. The van der Waals surface area contributed by atoms with E-state index in [-0.39, 0.29) is 10.8 Å². The summed E-state index contributed by atoms with van der Waals surface area (Å²) in [5, 5.41) is 5.18. The van der Waals surface area contributed by atoms with Crippen molar-refractivity contribution in [2.24, 2.45) is 0 Å². The van der Waals surface area contributed by atoms with Gasteiger partial charge in [0.25, 0.3) is 15.9 Å². The number of nitrogens with one attached hydrogen (secondary N) is 2. The lowest BCUT2D eigenvalue weighted by Gasteiger charge is -2.20. The summed E-state index contributed by atoms with van der Waals surface area (Å²) in [5.74, 6) is -0.625. The largest absolute Gasteiger partial charge is 0.494 e. The molecule has 0 radical (unpaired) electrons. The average molecular weight is 556 g/mol. The lowest BCUT2D eigenvalue weighted by molar-refractivity contribution is -0.149. The van der Waals surface area contributed by atoms with Crippen molar-refractivity contribution in [3.63, 3.8) is 0 Å². The summed E-state index contributed by atoms with van der Waals surface area (Å²) in [6.45, 7) is 2.75. The summed E-state index contributed by atoms with van der Waals surface area (Å²) >= 11 is 0. The van der Waals surface area contributed by atoms with Crippen LogP contribution >= 0.6 is 0 Å². The Morgan fingerprint density at radius 3 is 1.87 bits per heavy atom. The van der Waals surface area contributed by atoms with Crippen molar-refractivity contribution in [2.45, 2.75) is 18.7 Å². The molecule has 0 bridgehead atoms. The van der Waals surface area contributed by atoms with Crippen molar-refractivity contribution in [3.8, 4) is 11.5 Å². The van der Waals surface area contributed by atoms with Crippen LogP contribution in [0.3, 0.4) is 0 Å². The van der Waals surface area contributed by atoms with Gasteiger partial charge in [-0.2, -0.15) is 0 Å². The summed E-state index contributed by atoms with van der Waals surface area (Å²) in [5.41, 5.74) is 1.44. The first-order valence-electron chi connectivity index (χ1n) is 11.9. The van der Waals surface area contributed by atoms with E-state index in [1.165, 1.54) is 50.4 Å². The molecule has 2 amide bonds. The summed E-state index contributed by atoms with van der Waals surface area (Å²) in [6.07, 6.45) is 0. The van der Waals surface area contributed by atoms with Gasteiger partial charge in [-0.15, -0.1) is 0 Å². The van der Waals surface area contributed by atoms with Crippen LogP contribution in [0.5, 0.6) is 11.5 Å². The number of sulfonamides is 1. The lowest BCUT2D eigenvalue weighted by atomic mass is 10.2. The van der Waals surface area contributed by atoms with E-state index < -0.39 is 35.1 Å². The van der Waals surface area contributed by atoms with Crippen LogP contribution in [0.15, 0.2) is 77.7 Å². The second kappa shape index (κ2) is 13.3. The summed E-state index contributed by atoms with van der Waals surface area (Å²) in [4.78, 5) is 35.2. The fraction of sp³-hybridized carbons (Fsp3) is 0.222. The van der Waals surface area contributed by atoms with E-state index in [9.17, 15) is 22.8 Å². The molecule has 0 aromatic heterocycles. The molecule has 0 unspecified atom stereocenters. The van der Waals surface area contributed by atoms with E-state index in [0.717, 1.165) is 4.31 Å². The highest BCUT2D eigenvalue weighted by molar-refractivity contribution is 7.92. The van der Waals surface area contributed by atoms with E-state index in [2.05, 4.69) is 10.6 Å². The van der Waals surface area contributed by atoms with Crippen LogP contribution in [0.1, 0.15) is 13.8 Å². The molecule has 3 aromatic carbocycles. The third-order valence-electron chi connectivity index (χ3n) is 5.20. The Bertz CT molecular complexity index is 1390. The Balaban J connectivity index is 1.46. The Morgan fingerprint density at radius 2 is 1.31 bits per heavy atom. The molecule has 0 spiro atoms. The fourth-order valence-electron chi connectivity index (χ4n) is 3.29. The van der Waals surface area contributed by atoms with Gasteiger partial charge in [0.2, 0.25) is 5.91 Å². The van der Waals surface area contributed by atoms with Crippen LogP contribution in [-0.4, -0.2) is 53.1 Å². The first-order valence-corrected chi connectivity index (χ1v) is 13.3. The average Bonchev–Trinajstić information content (AvgIpc) is 2.92. The molecule has 0 saturated carbocycles. The van der Waals surface area contributed by atoms with Gasteiger partial charge in [0, 0.05) is 25.3 Å². The molecule has 0 heterocycles. The van der Waals surface area contributed by atoms with Crippen molar-refractivity contribution < 1.29 is 37.0 Å². The number of hydrogen-bond donors (Lipinski definition) is 2. The molecule has 0 atom stereocenters. The molecule has 12 heteroatoms. The Morgan fingerprint density at radius 1 is 0.769 bits per heavy atom. The second-order valence-corrected chi connectivity index (χ2v) is 10.1. The Kier molecular flexibility index (Phi) is 9.87. The lowest BCUT2D eigenvalue weighted by Crippen LogP contribution is -2.26. The minimum absolute atomic E-state index is 0.113. The maximum absolute atomic E-state index is 12.9. The third-order valence-corrected chi connectivity index (χ3v) is 7.00. The monoisotopic (exact) mass is 555 g/mol. The molecule has 0 aliphatic heterocycles. The topological polar surface area (TPSA) is 140 Å². The number of rotatable bonds is 12. The maximum Gasteiger partial charge on any atom is 0.344 e. The minimum atomic E-state index is -3.80. The van der Waals surface area contributed by atoms with E-state index in [0.29, 0.717) is 35.2 Å². The minimum Gasteiger partial charge on any atom is -0.494 e. The van der Waals surface area contributed by atoms with E-state index in [1.807, 2.05) is 6.92 Å². The molecule has 0 saturated heterocycles. The highest BCUT2D eigenvalue weighted by atomic mass is 32.2. The molecular formula is C27H29N3O8S. The SMILES string of the molecule is CCOc1ccc(S(=O)(=O)N(C)c2ccc(OCC(=O)OCC(=O)Nc3ccc(NC(C)=O)cc3)cc2)cc1. The zero-order chi connectivity index (χ0) is 28.4. The van der Waals surface area contributed by atoms with Crippen LogP contribution in [0.2, 0.25) is 0 Å². The molecule has 11 nitrogen and oxygen atoms in total. The molecular weight excluding hydrogens is 526 g/mol. The first-order chi connectivity index (χ1) is 18.6. The van der Waals surface area contributed by atoms with Gasteiger partial charge < -0.3 is 24.8 Å². The Hall–Kier alpha value is -4.58. The van der Waals surface area contributed by atoms with Crippen LogP contribution in [-0.2, 0) is 29.1 Å². The van der Waals surface area contributed by atoms with Gasteiger partial charge in [-0.05, 0) is 79.7 Å². The number of anilines is 3. The zero-order valence-electron chi connectivity index (χ0n) is 21.7. The van der Waals surface area contributed by atoms with Crippen LogP contribution in [0.25, 0.3) is 0 Å². The molecule has 0 aliphatic carbocycles. The summed E-state index contributed by atoms with van der Waals surface area (Å²) in [6, 6.07) is 18.7. The molecule has 39 heavy (non-hydrogen) atoms. The zero-order valence-corrected chi connectivity index (χ0v) is 22.5. The van der Waals surface area contributed by atoms with Gasteiger partial charge in [-0.25, -0.2) is 13.2 Å². The van der Waals surface area contributed by atoms with Gasteiger partial charge >= 0.3 is 5.97 Å². The molecule has 3 aromatic rings. The smallest absolute Gasteiger partial charge is 0.344 e. The molecule has 3 rings (SSSR count). The van der Waals surface area contributed by atoms with E-state index in [1.54, 1.807) is 36.4 Å². The first kappa shape index (κ1) is 29.0. The summed E-state index contributed by atoms with van der Waals surface area (Å²) in [7, 11) is -2.37. The number of hydrogen-bond acceptors (Lipinski definition) is 8. The van der Waals surface area contributed by atoms with E-state index >= 15 is 0 Å². The van der Waals surface area contributed by atoms with E-state index in [4.69, 9.17) is 14.2 Å². The molecule has 0 aliphatic rings. The quantitative estimate of drug-likeness (QED) is 0.324.